The smallest absolute Gasteiger partial charge is 0.290 e. The van der Waals surface area contributed by atoms with Crippen LogP contribution in [0.1, 0.15) is 28.3 Å². The second-order valence-corrected chi connectivity index (χ2v) is 4.15. The Morgan fingerprint density at radius 2 is 2.21 bits per heavy atom. The number of hydrogen-bond acceptors (Lipinski definition) is 4. The Bertz CT molecular complexity index is 578. The van der Waals surface area contributed by atoms with Gasteiger partial charge in [0.25, 0.3) is 5.91 Å². The molecule has 0 saturated carbocycles. The fourth-order valence-electron chi connectivity index (χ4n) is 1.76. The van der Waals surface area contributed by atoms with Gasteiger partial charge in [-0.3, -0.25) is 4.79 Å². The highest BCUT2D eigenvalue weighted by atomic mass is 16.3. The first-order chi connectivity index (χ1) is 9.22. The maximum atomic E-state index is 12.3. The number of hydrogen-bond donors (Lipinski definition) is 0. The Balaban J connectivity index is 2.15. The molecule has 0 N–H and O–H groups in total. The zero-order chi connectivity index (χ0) is 13.7. The summed E-state index contributed by atoms with van der Waals surface area (Å²) in [5.41, 5.74) is 0.784. The molecule has 0 aliphatic heterocycles. The average molecular weight is 258 g/mol. The lowest BCUT2D eigenvalue weighted by molar-refractivity contribution is 0.0702. The van der Waals surface area contributed by atoms with Crippen LogP contribution < -0.4 is 0 Å². The predicted octanol–water partition coefficient (Wildman–Crippen LogP) is 2.74. The molecule has 2 aromatic heterocycles. The molecule has 0 unspecified atom stereocenters. The Hall–Kier alpha value is -2.48. The monoisotopic (exact) mass is 258 g/mol. The summed E-state index contributed by atoms with van der Waals surface area (Å²) >= 11 is 0. The van der Waals surface area contributed by atoms with Crippen LogP contribution in [-0.2, 0) is 6.54 Å². The molecule has 1 amide bonds. The third kappa shape index (κ3) is 3.05. The van der Waals surface area contributed by atoms with Gasteiger partial charge in [0.2, 0.25) is 0 Å². The summed E-state index contributed by atoms with van der Waals surface area (Å²) < 4.78 is 10.4. The largest absolute Gasteiger partial charge is 0.467 e. The molecule has 2 aromatic rings. The minimum atomic E-state index is -0.228. The van der Waals surface area contributed by atoms with Gasteiger partial charge in [-0.05, 0) is 25.1 Å². The third-order valence-corrected chi connectivity index (χ3v) is 2.76. The number of nitriles is 1. The molecule has 0 aromatic carbocycles. The first kappa shape index (κ1) is 13.0. The molecule has 0 saturated heterocycles. The van der Waals surface area contributed by atoms with Crippen LogP contribution in [0.2, 0.25) is 0 Å². The molecule has 2 heterocycles. The molecule has 0 fully saturated rings. The Morgan fingerprint density at radius 3 is 2.79 bits per heavy atom. The summed E-state index contributed by atoms with van der Waals surface area (Å²) in [5.74, 6) is 0.758. The normalized spacial score (nSPS) is 10.1. The second kappa shape index (κ2) is 5.91. The second-order valence-electron chi connectivity index (χ2n) is 4.15. The SMILES string of the molecule is Cc1ccoc1C(=O)N(CCC#N)Cc1ccco1. The van der Waals surface area contributed by atoms with Crippen molar-refractivity contribution in [1.29, 1.82) is 5.26 Å². The van der Waals surface area contributed by atoms with Crippen LogP contribution >= 0.6 is 0 Å². The van der Waals surface area contributed by atoms with Crippen molar-refractivity contribution < 1.29 is 13.6 Å². The number of furan rings is 2. The minimum absolute atomic E-state index is 0.228. The summed E-state index contributed by atoms with van der Waals surface area (Å²) in [7, 11) is 0. The molecule has 5 nitrogen and oxygen atoms in total. The van der Waals surface area contributed by atoms with E-state index in [1.807, 2.05) is 13.0 Å². The van der Waals surface area contributed by atoms with Crippen molar-refractivity contribution in [2.24, 2.45) is 0 Å². The lowest BCUT2D eigenvalue weighted by Crippen LogP contribution is -2.31. The van der Waals surface area contributed by atoms with E-state index in [1.165, 1.54) is 6.26 Å². The van der Waals surface area contributed by atoms with Gasteiger partial charge in [-0.15, -0.1) is 0 Å². The Kier molecular flexibility index (Phi) is 4.04. The summed E-state index contributed by atoms with van der Waals surface area (Å²) in [6.45, 7) is 2.48. The quantitative estimate of drug-likeness (QED) is 0.826. The maximum absolute atomic E-state index is 12.3. The van der Waals surface area contributed by atoms with E-state index < -0.39 is 0 Å². The highest BCUT2D eigenvalue weighted by Gasteiger charge is 2.21. The fourth-order valence-corrected chi connectivity index (χ4v) is 1.76. The predicted molar refractivity (Wildman–Crippen MR) is 67.1 cm³/mol. The van der Waals surface area contributed by atoms with Crippen LogP contribution in [0, 0.1) is 18.3 Å². The van der Waals surface area contributed by atoms with E-state index in [0.717, 1.165) is 5.56 Å². The average Bonchev–Trinajstić information content (AvgIpc) is 3.05. The van der Waals surface area contributed by atoms with E-state index in [2.05, 4.69) is 0 Å². The van der Waals surface area contributed by atoms with E-state index >= 15 is 0 Å². The number of rotatable bonds is 5. The molecule has 0 aliphatic carbocycles. The van der Waals surface area contributed by atoms with Crippen LogP contribution in [0.25, 0.3) is 0 Å². The fraction of sp³-hybridized carbons (Fsp3) is 0.286. The van der Waals surface area contributed by atoms with Gasteiger partial charge in [-0.2, -0.15) is 5.26 Å². The molecule has 2 rings (SSSR count). The highest BCUT2D eigenvalue weighted by Crippen LogP contribution is 2.15. The van der Waals surface area contributed by atoms with Crippen LogP contribution in [0.4, 0.5) is 0 Å². The molecule has 0 aliphatic rings. The van der Waals surface area contributed by atoms with Gasteiger partial charge in [-0.1, -0.05) is 0 Å². The van der Waals surface area contributed by atoms with Gasteiger partial charge in [0, 0.05) is 12.1 Å². The van der Waals surface area contributed by atoms with E-state index in [9.17, 15) is 4.79 Å². The van der Waals surface area contributed by atoms with Crippen molar-refractivity contribution >= 4 is 5.91 Å². The number of carbonyl (C=O) groups excluding carboxylic acids is 1. The van der Waals surface area contributed by atoms with Crippen molar-refractivity contribution in [1.82, 2.24) is 4.90 Å². The van der Waals surface area contributed by atoms with Gasteiger partial charge >= 0.3 is 0 Å². The molecule has 0 spiro atoms. The first-order valence-corrected chi connectivity index (χ1v) is 5.95. The lowest BCUT2D eigenvalue weighted by atomic mass is 10.2. The number of nitrogens with zero attached hydrogens (tertiary/aromatic N) is 2. The summed E-state index contributed by atoms with van der Waals surface area (Å²) in [5, 5.41) is 8.67. The minimum Gasteiger partial charge on any atom is -0.467 e. The number of amides is 1. The van der Waals surface area contributed by atoms with Gasteiger partial charge in [0.1, 0.15) is 5.76 Å². The standard InChI is InChI=1S/C14H14N2O3/c1-11-5-9-19-13(11)14(17)16(7-3-6-15)10-12-4-2-8-18-12/h2,4-5,8-9H,3,7,10H2,1H3. The lowest BCUT2D eigenvalue weighted by Gasteiger charge is -2.19. The van der Waals surface area contributed by atoms with E-state index in [-0.39, 0.29) is 12.3 Å². The van der Waals surface area contributed by atoms with Crippen LogP contribution in [0.15, 0.2) is 39.6 Å². The Morgan fingerprint density at radius 1 is 1.37 bits per heavy atom. The maximum Gasteiger partial charge on any atom is 0.290 e. The van der Waals surface area contributed by atoms with Gasteiger partial charge in [0.15, 0.2) is 5.76 Å². The van der Waals surface area contributed by atoms with E-state index in [0.29, 0.717) is 24.6 Å². The zero-order valence-electron chi connectivity index (χ0n) is 10.6. The zero-order valence-corrected chi connectivity index (χ0v) is 10.6. The summed E-state index contributed by atoms with van der Waals surface area (Å²) in [4.78, 5) is 13.9. The molecule has 5 heteroatoms. The van der Waals surface area contributed by atoms with Crippen molar-refractivity contribution in [3.8, 4) is 6.07 Å². The molecular weight excluding hydrogens is 244 g/mol. The molecular formula is C14H14N2O3. The highest BCUT2D eigenvalue weighted by molar-refractivity contribution is 5.92. The third-order valence-electron chi connectivity index (χ3n) is 2.76. The summed E-state index contributed by atoms with van der Waals surface area (Å²) in [6, 6.07) is 7.33. The van der Waals surface area contributed by atoms with Gasteiger partial charge in [0.05, 0.1) is 31.6 Å². The summed E-state index contributed by atoms with van der Waals surface area (Å²) in [6.07, 6.45) is 3.31. The number of aryl methyl sites for hydroxylation is 1. The number of carbonyl (C=O) groups is 1. The molecule has 0 atom stereocenters. The molecule has 0 radical (unpaired) electrons. The van der Waals surface area contributed by atoms with Crippen LogP contribution in [0.3, 0.4) is 0 Å². The van der Waals surface area contributed by atoms with E-state index in [1.54, 1.807) is 29.4 Å². The van der Waals surface area contributed by atoms with Gasteiger partial charge in [-0.25, -0.2) is 0 Å². The molecule has 98 valence electrons. The van der Waals surface area contributed by atoms with Crippen LogP contribution in [0.5, 0.6) is 0 Å². The van der Waals surface area contributed by atoms with Crippen molar-refractivity contribution in [3.05, 3.63) is 47.8 Å². The van der Waals surface area contributed by atoms with Gasteiger partial charge < -0.3 is 13.7 Å². The Labute approximate surface area is 111 Å². The molecule has 0 bridgehead atoms. The molecule has 19 heavy (non-hydrogen) atoms. The van der Waals surface area contributed by atoms with Crippen molar-refractivity contribution in [3.63, 3.8) is 0 Å². The van der Waals surface area contributed by atoms with Crippen LogP contribution in [-0.4, -0.2) is 17.4 Å². The van der Waals surface area contributed by atoms with Crippen molar-refractivity contribution in [2.45, 2.75) is 19.9 Å². The topological polar surface area (TPSA) is 70.4 Å². The van der Waals surface area contributed by atoms with E-state index in [4.69, 9.17) is 14.1 Å². The first-order valence-electron chi connectivity index (χ1n) is 5.95. The van der Waals surface area contributed by atoms with Crippen molar-refractivity contribution in [2.75, 3.05) is 6.54 Å².